The first-order chi connectivity index (χ1) is 14.1. The number of nitrogens with zero attached hydrogens (tertiary/aromatic N) is 4. The minimum Gasteiger partial charge on any atom is -0.373 e. The van der Waals surface area contributed by atoms with Gasteiger partial charge in [0.25, 0.3) is 0 Å². The van der Waals surface area contributed by atoms with Crippen LogP contribution < -0.4 is 15.5 Å². The molecule has 1 amide bonds. The van der Waals surface area contributed by atoms with Gasteiger partial charge >= 0.3 is 0 Å². The SMILES string of the molecule is CNc1ccnc(N2C[C@@H]3[C@H](CNC(=O)C4CCN(C)CC4)[C@H]4CC[C@]3(C2)O4)n1. The molecule has 5 rings (SSSR count). The molecule has 4 atom stereocenters. The summed E-state index contributed by atoms with van der Waals surface area (Å²) in [5.41, 5.74) is -0.0907. The fourth-order valence-electron chi connectivity index (χ4n) is 5.89. The number of fused-ring (bicyclic) bond motifs is 1. The van der Waals surface area contributed by atoms with E-state index in [0.717, 1.165) is 70.2 Å². The number of hydrogen-bond donors (Lipinski definition) is 2. The summed E-state index contributed by atoms with van der Waals surface area (Å²) in [4.78, 5) is 26.4. The van der Waals surface area contributed by atoms with Crippen LogP contribution >= 0.6 is 0 Å². The quantitative estimate of drug-likeness (QED) is 0.762. The Balaban J connectivity index is 1.24. The van der Waals surface area contributed by atoms with E-state index in [1.807, 2.05) is 13.1 Å². The lowest BCUT2D eigenvalue weighted by Crippen LogP contribution is -2.44. The highest BCUT2D eigenvalue weighted by molar-refractivity contribution is 5.78. The average Bonchev–Trinajstić information content (AvgIpc) is 3.41. The van der Waals surface area contributed by atoms with Crippen molar-refractivity contribution in [1.29, 1.82) is 0 Å². The first-order valence-corrected chi connectivity index (χ1v) is 11.0. The Labute approximate surface area is 172 Å². The molecule has 0 aliphatic carbocycles. The molecule has 0 radical (unpaired) electrons. The molecule has 8 nitrogen and oxygen atoms in total. The lowest BCUT2D eigenvalue weighted by Gasteiger charge is -2.31. The van der Waals surface area contributed by atoms with E-state index in [1.54, 1.807) is 6.20 Å². The molecule has 158 valence electrons. The number of carbonyl (C=O) groups is 1. The van der Waals surface area contributed by atoms with Crippen molar-refractivity contribution in [2.45, 2.75) is 37.4 Å². The van der Waals surface area contributed by atoms with Crippen LogP contribution in [0.5, 0.6) is 0 Å². The highest BCUT2D eigenvalue weighted by Gasteiger charge is 2.63. The smallest absolute Gasteiger partial charge is 0.227 e. The summed E-state index contributed by atoms with van der Waals surface area (Å²) in [5, 5.41) is 6.37. The molecule has 4 saturated heterocycles. The Kier molecular flexibility index (Phi) is 4.86. The number of amides is 1. The van der Waals surface area contributed by atoms with Crippen molar-refractivity contribution in [3.8, 4) is 0 Å². The third-order valence-electron chi connectivity index (χ3n) is 7.57. The van der Waals surface area contributed by atoms with Crippen molar-refractivity contribution in [3.05, 3.63) is 12.3 Å². The summed E-state index contributed by atoms with van der Waals surface area (Å²) in [5.74, 6) is 2.81. The van der Waals surface area contributed by atoms with Crippen LogP contribution in [0, 0.1) is 17.8 Å². The molecule has 1 spiro atoms. The first-order valence-electron chi connectivity index (χ1n) is 11.0. The van der Waals surface area contributed by atoms with Crippen molar-refractivity contribution in [2.24, 2.45) is 17.8 Å². The van der Waals surface area contributed by atoms with Crippen LogP contribution in [0.25, 0.3) is 0 Å². The van der Waals surface area contributed by atoms with Crippen molar-refractivity contribution >= 4 is 17.7 Å². The second-order valence-electron chi connectivity index (χ2n) is 9.23. The molecule has 2 bridgehead atoms. The molecule has 2 N–H and O–H groups in total. The van der Waals surface area contributed by atoms with Crippen LogP contribution in [-0.4, -0.2) is 79.3 Å². The van der Waals surface area contributed by atoms with Crippen molar-refractivity contribution in [1.82, 2.24) is 20.2 Å². The van der Waals surface area contributed by atoms with E-state index in [4.69, 9.17) is 4.74 Å². The zero-order valence-corrected chi connectivity index (χ0v) is 17.4. The van der Waals surface area contributed by atoms with Gasteiger partial charge < -0.3 is 25.2 Å². The molecule has 4 aliphatic heterocycles. The Hall–Kier alpha value is -1.93. The Bertz CT molecular complexity index is 767. The fourth-order valence-corrected chi connectivity index (χ4v) is 5.89. The molecule has 1 aromatic rings. The maximum Gasteiger partial charge on any atom is 0.227 e. The first kappa shape index (κ1) is 19.1. The van der Waals surface area contributed by atoms with Gasteiger partial charge in [0.2, 0.25) is 11.9 Å². The maximum absolute atomic E-state index is 12.7. The van der Waals surface area contributed by atoms with Gasteiger partial charge in [-0.3, -0.25) is 4.79 Å². The zero-order valence-electron chi connectivity index (χ0n) is 17.4. The van der Waals surface area contributed by atoms with Gasteiger partial charge in [-0.2, -0.15) is 4.98 Å². The Morgan fingerprint density at radius 1 is 1.34 bits per heavy atom. The van der Waals surface area contributed by atoms with Gasteiger partial charge in [-0.25, -0.2) is 4.98 Å². The molecule has 4 aliphatic rings. The molecule has 29 heavy (non-hydrogen) atoms. The molecule has 8 heteroatoms. The van der Waals surface area contributed by atoms with Crippen LogP contribution in [0.15, 0.2) is 12.3 Å². The van der Waals surface area contributed by atoms with E-state index in [-0.39, 0.29) is 23.5 Å². The van der Waals surface area contributed by atoms with Gasteiger partial charge in [0.05, 0.1) is 18.2 Å². The predicted molar refractivity (Wildman–Crippen MR) is 111 cm³/mol. The molecular weight excluding hydrogens is 368 g/mol. The second kappa shape index (κ2) is 7.40. The van der Waals surface area contributed by atoms with Crippen molar-refractivity contribution in [2.75, 3.05) is 57.0 Å². The minimum absolute atomic E-state index is 0.0907. The number of rotatable bonds is 5. The molecule has 0 saturated carbocycles. The van der Waals surface area contributed by atoms with Crippen LogP contribution in [0.4, 0.5) is 11.8 Å². The van der Waals surface area contributed by atoms with E-state index in [1.165, 1.54) is 0 Å². The molecule has 4 fully saturated rings. The Morgan fingerprint density at radius 3 is 2.97 bits per heavy atom. The number of carbonyl (C=O) groups excluding carboxylic acids is 1. The topological polar surface area (TPSA) is 82.6 Å². The number of anilines is 2. The van der Waals surface area contributed by atoms with E-state index in [0.29, 0.717) is 11.8 Å². The third-order valence-corrected chi connectivity index (χ3v) is 7.57. The largest absolute Gasteiger partial charge is 0.373 e. The fraction of sp³-hybridized carbons (Fsp3) is 0.762. The molecule has 0 unspecified atom stereocenters. The maximum atomic E-state index is 12.7. The van der Waals surface area contributed by atoms with Gasteiger partial charge in [-0.15, -0.1) is 0 Å². The summed E-state index contributed by atoms with van der Waals surface area (Å²) in [6.45, 7) is 4.51. The minimum atomic E-state index is -0.0907. The molecule has 1 aromatic heterocycles. The van der Waals surface area contributed by atoms with Gasteiger partial charge in [-0.1, -0.05) is 0 Å². The third kappa shape index (κ3) is 3.36. The number of likely N-dealkylation sites (tertiary alicyclic amines) is 1. The molecular formula is C21H32N6O2. The summed E-state index contributed by atoms with van der Waals surface area (Å²) >= 11 is 0. The molecule has 0 aromatic carbocycles. The monoisotopic (exact) mass is 400 g/mol. The van der Waals surface area contributed by atoms with E-state index < -0.39 is 0 Å². The van der Waals surface area contributed by atoms with Gasteiger partial charge in [0, 0.05) is 44.1 Å². The van der Waals surface area contributed by atoms with E-state index >= 15 is 0 Å². The highest BCUT2D eigenvalue weighted by Crippen LogP contribution is 2.55. The van der Waals surface area contributed by atoms with Crippen LogP contribution in [-0.2, 0) is 9.53 Å². The summed E-state index contributed by atoms with van der Waals surface area (Å²) in [6, 6.07) is 1.88. The zero-order chi connectivity index (χ0) is 20.0. The van der Waals surface area contributed by atoms with Crippen molar-refractivity contribution < 1.29 is 9.53 Å². The second-order valence-corrected chi connectivity index (χ2v) is 9.23. The van der Waals surface area contributed by atoms with E-state index in [2.05, 4.69) is 37.4 Å². The normalized spacial score (nSPS) is 34.4. The summed E-state index contributed by atoms with van der Waals surface area (Å²) < 4.78 is 6.53. The number of piperidine rings is 1. The van der Waals surface area contributed by atoms with Crippen LogP contribution in [0.3, 0.4) is 0 Å². The highest BCUT2D eigenvalue weighted by atomic mass is 16.5. The average molecular weight is 401 g/mol. The van der Waals surface area contributed by atoms with Gasteiger partial charge in [0.1, 0.15) is 5.82 Å². The number of nitrogens with one attached hydrogen (secondary N) is 2. The lowest BCUT2D eigenvalue weighted by atomic mass is 9.73. The van der Waals surface area contributed by atoms with Gasteiger partial charge in [-0.05, 0) is 51.9 Å². The Morgan fingerprint density at radius 2 is 2.17 bits per heavy atom. The lowest BCUT2D eigenvalue weighted by molar-refractivity contribution is -0.126. The standard InChI is InChI=1S/C21H32N6O2/c1-22-18-4-8-23-20(25-18)27-12-16-15(17-3-7-21(16,13-27)29-17)11-24-19(28)14-5-9-26(2)10-6-14/h4,8,14-17H,3,5-7,9-13H2,1-2H3,(H,24,28)(H,22,23,25)/t15-,16+,17+,21+/m0/s1. The van der Waals surface area contributed by atoms with Crippen molar-refractivity contribution in [3.63, 3.8) is 0 Å². The van der Waals surface area contributed by atoms with Crippen LogP contribution in [0.1, 0.15) is 25.7 Å². The number of hydrogen-bond acceptors (Lipinski definition) is 7. The van der Waals surface area contributed by atoms with Gasteiger partial charge in [0.15, 0.2) is 0 Å². The van der Waals surface area contributed by atoms with Crippen LogP contribution in [0.2, 0.25) is 0 Å². The summed E-state index contributed by atoms with van der Waals surface area (Å²) in [6.07, 6.45) is 6.21. The predicted octanol–water partition coefficient (Wildman–Crippen LogP) is 0.960. The molecule has 5 heterocycles. The number of ether oxygens (including phenoxy) is 1. The summed E-state index contributed by atoms with van der Waals surface area (Å²) in [7, 11) is 4.00. The number of aromatic nitrogens is 2. The van der Waals surface area contributed by atoms with E-state index in [9.17, 15) is 4.79 Å².